The first-order valence-electron chi connectivity index (χ1n) is 6.99. The Balaban J connectivity index is 1.66. The van der Waals surface area contributed by atoms with Crippen molar-refractivity contribution in [3.63, 3.8) is 0 Å². The molecule has 100 valence electrons. The van der Waals surface area contributed by atoms with E-state index in [9.17, 15) is 0 Å². The van der Waals surface area contributed by atoms with Crippen molar-refractivity contribution in [2.75, 3.05) is 18.4 Å². The summed E-state index contributed by atoms with van der Waals surface area (Å²) in [7, 11) is 0. The van der Waals surface area contributed by atoms with Gasteiger partial charge in [0.2, 0.25) is 0 Å². The zero-order valence-corrected chi connectivity index (χ0v) is 11.9. The number of anilines is 1. The van der Waals surface area contributed by atoms with Crippen molar-refractivity contribution in [1.82, 2.24) is 5.32 Å². The van der Waals surface area contributed by atoms with Gasteiger partial charge in [-0.1, -0.05) is 36.9 Å². The minimum absolute atomic E-state index is 0.738. The van der Waals surface area contributed by atoms with Gasteiger partial charge in [-0.15, -0.1) is 0 Å². The lowest BCUT2D eigenvalue weighted by molar-refractivity contribution is 0.378. The minimum atomic E-state index is 0.738. The predicted molar refractivity (Wildman–Crippen MR) is 79.6 cm³/mol. The van der Waals surface area contributed by atoms with E-state index in [-0.39, 0.29) is 0 Å². The van der Waals surface area contributed by atoms with E-state index in [0.29, 0.717) is 0 Å². The van der Waals surface area contributed by atoms with Crippen molar-refractivity contribution in [2.24, 2.45) is 0 Å². The van der Waals surface area contributed by atoms with Gasteiger partial charge in [-0.05, 0) is 37.5 Å². The van der Waals surface area contributed by atoms with Gasteiger partial charge < -0.3 is 10.6 Å². The molecule has 1 fully saturated rings. The van der Waals surface area contributed by atoms with Crippen LogP contribution in [0.15, 0.2) is 18.2 Å². The molecule has 2 nitrogen and oxygen atoms in total. The predicted octanol–water partition coefficient (Wildman–Crippen LogP) is 3.98. The van der Waals surface area contributed by atoms with E-state index in [2.05, 4.69) is 22.8 Å². The molecule has 1 aromatic carbocycles. The van der Waals surface area contributed by atoms with Crippen LogP contribution in [-0.2, 0) is 0 Å². The second kappa shape index (κ2) is 7.01. The average molecular weight is 267 g/mol. The third-order valence-corrected chi connectivity index (χ3v) is 4.07. The van der Waals surface area contributed by atoms with Crippen LogP contribution in [0.5, 0.6) is 0 Å². The summed E-state index contributed by atoms with van der Waals surface area (Å²) in [4.78, 5) is 0. The Kier molecular flexibility index (Phi) is 5.33. The molecule has 0 heterocycles. The van der Waals surface area contributed by atoms with Gasteiger partial charge >= 0.3 is 0 Å². The van der Waals surface area contributed by atoms with Crippen LogP contribution in [0.3, 0.4) is 0 Å². The molecular weight excluding hydrogens is 244 g/mol. The third kappa shape index (κ3) is 4.18. The molecule has 3 heteroatoms. The maximum atomic E-state index is 6.09. The van der Waals surface area contributed by atoms with Crippen molar-refractivity contribution in [1.29, 1.82) is 0 Å². The third-order valence-electron chi connectivity index (χ3n) is 3.66. The first kappa shape index (κ1) is 13.7. The lowest BCUT2D eigenvalue weighted by Crippen LogP contribution is -2.34. The summed E-state index contributed by atoms with van der Waals surface area (Å²) in [6.45, 7) is 4.00. The molecule has 1 aromatic rings. The number of rotatable bonds is 5. The van der Waals surface area contributed by atoms with E-state index in [0.717, 1.165) is 35.4 Å². The van der Waals surface area contributed by atoms with Crippen LogP contribution in [0.2, 0.25) is 5.02 Å². The maximum absolute atomic E-state index is 6.09. The number of hydrogen-bond acceptors (Lipinski definition) is 2. The lowest BCUT2D eigenvalue weighted by atomic mass is 9.95. The van der Waals surface area contributed by atoms with E-state index in [1.54, 1.807) is 0 Å². The highest BCUT2D eigenvalue weighted by Gasteiger charge is 2.11. The highest BCUT2D eigenvalue weighted by molar-refractivity contribution is 6.31. The molecule has 0 saturated heterocycles. The van der Waals surface area contributed by atoms with Gasteiger partial charge in [0, 0.05) is 29.8 Å². The van der Waals surface area contributed by atoms with Crippen LogP contribution in [0, 0.1) is 6.92 Å². The molecule has 1 aliphatic carbocycles. The van der Waals surface area contributed by atoms with E-state index in [1.165, 1.54) is 32.1 Å². The molecule has 1 saturated carbocycles. The maximum Gasteiger partial charge on any atom is 0.0455 e. The van der Waals surface area contributed by atoms with Gasteiger partial charge in [0.25, 0.3) is 0 Å². The largest absolute Gasteiger partial charge is 0.384 e. The molecule has 0 aromatic heterocycles. The van der Waals surface area contributed by atoms with Gasteiger partial charge in [0.15, 0.2) is 0 Å². The molecule has 2 N–H and O–H groups in total. The van der Waals surface area contributed by atoms with Crippen LogP contribution >= 0.6 is 11.6 Å². The van der Waals surface area contributed by atoms with E-state index in [4.69, 9.17) is 11.6 Å². The molecule has 0 bridgehead atoms. The molecule has 2 rings (SSSR count). The van der Waals surface area contributed by atoms with Gasteiger partial charge in [0.1, 0.15) is 0 Å². The van der Waals surface area contributed by atoms with Gasteiger partial charge in [-0.2, -0.15) is 0 Å². The molecule has 0 unspecified atom stereocenters. The summed E-state index contributed by atoms with van der Waals surface area (Å²) in [5, 5.41) is 7.86. The summed E-state index contributed by atoms with van der Waals surface area (Å²) in [5.41, 5.74) is 2.23. The van der Waals surface area contributed by atoms with Crippen molar-refractivity contribution in [2.45, 2.75) is 45.1 Å². The number of aryl methyl sites for hydroxylation is 1. The zero-order valence-electron chi connectivity index (χ0n) is 11.1. The smallest absolute Gasteiger partial charge is 0.0455 e. The number of nitrogens with one attached hydrogen (secondary N) is 2. The Morgan fingerprint density at radius 1 is 1.17 bits per heavy atom. The SMILES string of the molecule is Cc1ccc(NCCNC2CCCCC2)cc1Cl. The molecular formula is C15H23ClN2. The lowest BCUT2D eigenvalue weighted by Gasteiger charge is -2.23. The number of halogens is 1. The summed E-state index contributed by atoms with van der Waals surface area (Å²) in [6, 6.07) is 6.88. The molecule has 0 atom stereocenters. The highest BCUT2D eigenvalue weighted by Crippen LogP contribution is 2.20. The Hall–Kier alpha value is -0.730. The molecule has 1 aliphatic rings. The minimum Gasteiger partial charge on any atom is -0.384 e. The fraction of sp³-hybridized carbons (Fsp3) is 0.600. The summed E-state index contributed by atoms with van der Waals surface area (Å²) >= 11 is 6.09. The molecule has 18 heavy (non-hydrogen) atoms. The Morgan fingerprint density at radius 2 is 1.94 bits per heavy atom. The van der Waals surface area contributed by atoms with Crippen molar-refractivity contribution >= 4 is 17.3 Å². The summed E-state index contributed by atoms with van der Waals surface area (Å²) in [5.74, 6) is 0. The average Bonchev–Trinajstić information content (AvgIpc) is 2.40. The van der Waals surface area contributed by atoms with Crippen LogP contribution in [-0.4, -0.2) is 19.1 Å². The molecule has 0 aliphatic heterocycles. The van der Waals surface area contributed by atoms with Crippen LogP contribution in [0.25, 0.3) is 0 Å². The summed E-state index contributed by atoms with van der Waals surface area (Å²) in [6.07, 6.45) is 6.88. The Morgan fingerprint density at radius 3 is 2.67 bits per heavy atom. The van der Waals surface area contributed by atoms with Gasteiger partial charge in [-0.3, -0.25) is 0 Å². The molecule has 0 radical (unpaired) electrons. The highest BCUT2D eigenvalue weighted by atomic mass is 35.5. The summed E-state index contributed by atoms with van der Waals surface area (Å²) < 4.78 is 0. The van der Waals surface area contributed by atoms with Crippen LogP contribution in [0.1, 0.15) is 37.7 Å². The van der Waals surface area contributed by atoms with E-state index < -0.39 is 0 Å². The molecule has 0 spiro atoms. The van der Waals surface area contributed by atoms with Crippen molar-refractivity contribution in [3.05, 3.63) is 28.8 Å². The Bertz CT molecular complexity index is 373. The second-order valence-electron chi connectivity index (χ2n) is 5.18. The first-order valence-corrected chi connectivity index (χ1v) is 7.37. The van der Waals surface area contributed by atoms with Gasteiger partial charge in [0.05, 0.1) is 0 Å². The quantitative estimate of drug-likeness (QED) is 0.788. The molecule has 0 amide bonds. The second-order valence-corrected chi connectivity index (χ2v) is 5.59. The van der Waals surface area contributed by atoms with E-state index >= 15 is 0 Å². The fourth-order valence-electron chi connectivity index (χ4n) is 2.49. The van der Waals surface area contributed by atoms with Gasteiger partial charge in [-0.25, -0.2) is 0 Å². The first-order chi connectivity index (χ1) is 8.75. The van der Waals surface area contributed by atoms with Crippen LogP contribution in [0.4, 0.5) is 5.69 Å². The van der Waals surface area contributed by atoms with Crippen molar-refractivity contribution < 1.29 is 0 Å². The van der Waals surface area contributed by atoms with Crippen molar-refractivity contribution in [3.8, 4) is 0 Å². The number of hydrogen-bond donors (Lipinski definition) is 2. The number of benzene rings is 1. The normalized spacial score (nSPS) is 16.8. The fourth-order valence-corrected chi connectivity index (χ4v) is 2.67. The van der Waals surface area contributed by atoms with E-state index in [1.807, 2.05) is 13.0 Å². The van der Waals surface area contributed by atoms with Crippen LogP contribution < -0.4 is 10.6 Å². The Labute approximate surface area is 115 Å². The zero-order chi connectivity index (χ0) is 12.8. The monoisotopic (exact) mass is 266 g/mol. The standard InChI is InChI=1S/C15H23ClN2/c1-12-7-8-14(11-15(12)16)18-10-9-17-13-5-3-2-4-6-13/h7-8,11,13,17-18H,2-6,9-10H2,1H3. The topological polar surface area (TPSA) is 24.1 Å².